The molecule has 1 heterocycles. The first kappa shape index (κ1) is 17.1. The molecule has 4 nitrogen and oxygen atoms in total. The molecule has 0 aromatic heterocycles. The van der Waals surface area contributed by atoms with E-state index in [1.807, 2.05) is 0 Å². The van der Waals surface area contributed by atoms with Crippen LogP contribution in [0.1, 0.15) is 24.5 Å². The van der Waals surface area contributed by atoms with E-state index >= 15 is 0 Å². The number of rotatable bonds is 3. The average molecular weight is 354 g/mol. The highest BCUT2D eigenvalue weighted by Gasteiger charge is 2.35. The summed E-state index contributed by atoms with van der Waals surface area (Å²) in [5, 5.41) is 0. The molecule has 1 aliphatic rings. The molecule has 1 aliphatic heterocycles. The van der Waals surface area contributed by atoms with Gasteiger partial charge in [-0.3, -0.25) is 4.79 Å². The summed E-state index contributed by atoms with van der Waals surface area (Å²) in [5.74, 6) is -3.01. The van der Waals surface area contributed by atoms with Crippen LogP contribution < -0.4 is 15.4 Å². The van der Waals surface area contributed by atoms with Crippen molar-refractivity contribution < 1.29 is 27.1 Å². The van der Waals surface area contributed by atoms with Crippen LogP contribution in [0.15, 0.2) is 30.3 Å². The lowest BCUT2D eigenvalue weighted by Crippen LogP contribution is -2.44. The van der Waals surface area contributed by atoms with E-state index in [1.54, 1.807) is 6.07 Å². The summed E-state index contributed by atoms with van der Waals surface area (Å²) in [6, 6.07) is 6.36. The number of carbonyl (C=O) groups is 1. The molecule has 132 valence electrons. The van der Waals surface area contributed by atoms with Crippen molar-refractivity contribution >= 4 is 17.3 Å². The molecule has 8 heteroatoms. The van der Waals surface area contributed by atoms with Gasteiger partial charge in [0.05, 0.1) is 12.2 Å². The number of nitrogen functional groups attached to an aromatic ring is 1. The van der Waals surface area contributed by atoms with Crippen molar-refractivity contribution in [2.45, 2.75) is 26.0 Å². The normalized spacial score (nSPS) is 16.8. The zero-order chi connectivity index (χ0) is 18.3. The molecule has 0 spiro atoms. The highest BCUT2D eigenvalue weighted by atomic mass is 19.3. The van der Waals surface area contributed by atoms with E-state index in [4.69, 9.17) is 10.5 Å². The molecule has 1 amide bonds. The van der Waals surface area contributed by atoms with Crippen LogP contribution in [0.4, 0.5) is 28.9 Å². The lowest BCUT2D eigenvalue weighted by atomic mass is 10.1. The van der Waals surface area contributed by atoms with Gasteiger partial charge in [0.15, 0.2) is 23.5 Å². The number of amides is 1. The molecule has 0 bridgehead atoms. The topological polar surface area (TPSA) is 55.6 Å². The monoisotopic (exact) mass is 354 g/mol. The molecule has 0 radical (unpaired) electrons. The van der Waals surface area contributed by atoms with E-state index in [1.165, 1.54) is 25.1 Å². The number of alkyl halides is 2. The standard InChI is InChI=1S/C17H14F4N2O2/c1-8-17(24)23(7-9-3-2-4-10(5-9)16(20)21)12-6-11(18)14(22)13(19)15(12)25-8/h2-6,8,16H,7,22H2,1H3/t8-/m1/s1. The quantitative estimate of drug-likeness (QED) is 0.674. The lowest BCUT2D eigenvalue weighted by molar-refractivity contribution is -0.125. The van der Waals surface area contributed by atoms with Gasteiger partial charge in [-0.25, -0.2) is 17.6 Å². The minimum atomic E-state index is -2.67. The average Bonchev–Trinajstić information content (AvgIpc) is 2.58. The number of fused-ring (bicyclic) bond motifs is 1. The third-order valence-electron chi connectivity index (χ3n) is 3.93. The number of nitrogens with two attached hydrogens (primary N) is 1. The Hall–Kier alpha value is -2.77. The Balaban J connectivity index is 2.05. The van der Waals surface area contributed by atoms with Gasteiger partial charge in [-0.1, -0.05) is 18.2 Å². The third-order valence-corrected chi connectivity index (χ3v) is 3.93. The van der Waals surface area contributed by atoms with Gasteiger partial charge in [-0.2, -0.15) is 0 Å². The molecule has 0 unspecified atom stereocenters. The van der Waals surface area contributed by atoms with Crippen molar-refractivity contribution in [3.05, 3.63) is 53.1 Å². The number of benzene rings is 2. The fraction of sp³-hybridized carbons (Fsp3) is 0.235. The van der Waals surface area contributed by atoms with E-state index in [2.05, 4.69) is 0 Å². The van der Waals surface area contributed by atoms with Gasteiger partial charge in [0.2, 0.25) is 0 Å². The van der Waals surface area contributed by atoms with E-state index in [9.17, 15) is 22.4 Å². The van der Waals surface area contributed by atoms with E-state index in [0.717, 1.165) is 11.0 Å². The zero-order valence-electron chi connectivity index (χ0n) is 13.1. The smallest absolute Gasteiger partial charge is 0.268 e. The van der Waals surface area contributed by atoms with Crippen molar-refractivity contribution in [2.24, 2.45) is 0 Å². The maximum Gasteiger partial charge on any atom is 0.268 e. The molecule has 25 heavy (non-hydrogen) atoms. The number of carbonyl (C=O) groups excluding carboxylic acids is 1. The largest absolute Gasteiger partial charge is 0.476 e. The molecule has 2 aromatic rings. The first-order valence-corrected chi connectivity index (χ1v) is 7.42. The summed E-state index contributed by atoms with van der Waals surface area (Å²) in [4.78, 5) is 13.5. The van der Waals surface area contributed by atoms with Crippen LogP contribution in [0.2, 0.25) is 0 Å². The summed E-state index contributed by atoms with van der Waals surface area (Å²) in [6.45, 7) is 1.27. The highest BCUT2D eigenvalue weighted by molar-refractivity contribution is 6.00. The molecule has 1 atom stereocenters. The Bertz CT molecular complexity index is 842. The molecular formula is C17H14F4N2O2. The Kier molecular flexibility index (Phi) is 4.28. The van der Waals surface area contributed by atoms with Crippen LogP contribution >= 0.6 is 0 Å². The Morgan fingerprint density at radius 1 is 1.28 bits per heavy atom. The molecular weight excluding hydrogens is 340 g/mol. The van der Waals surface area contributed by atoms with Crippen molar-refractivity contribution in [1.82, 2.24) is 0 Å². The number of anilines is 2. The third kappa shape index (κ3) is 2.99. The van der Waals surface area contributed by atoms with E-state index < -0.39 is 35.8 Å². The van der Waals surface area contributed by atoms with Crippen LogP contribution in [0.25, 0.3) is 0 Å². The zero-order valence-corrected chi connectivity index (χ0v) is 13.1. The van der Waals surface area contributed by atoms with Gasteiger partial charge in [-0.15, -0.1) is 0 Å². The van der Waals surface area contributed by atoms with Crippen molar-refractivity contribution in [1.29, 1.82) is 0 Å². The number of hydrogen-bond acceptors (Lipinski definition) is 3. The molecule has 2 aromatic carbocycles. The predicted molar refractivity (Wildman–Crippen MR) is 83.4 cm³/mol. The highest BCUT2D eigenvalue weighted by Crippen LogP contribution is 2.41. The maximum absolute atomic E-state index is 14.2. The number of nitrogens with zero attached hydrogens (tertiary/aromatic N) is 1. The second-order valence-electron chi connectivity index (χ2n) is 5.66. The fourth-order valence-corrected chi connectivity index (χ4v) is 2.65. The summed E-state index contributed by atoms with van der Waals surface area (Å²) in [5.41, 5.74) is 4.67. The van der Waals surface area contributed by atoms with Crippen molar-refractivity contribution in [2.75, 3.05) is 10.6 Å². The molecule has 2 N–H and O–H groups in total. The van der Waals surface area contributed by atoms with Gasteiger partial charge in [0.25, 0.3) is 12.3 Å². The minimum Gasteiger partial charge on any atom is -0.476 e. The lowest BCUT2D eigenvalue weighted by Gasteiger charge is -2.33. The molecule has 0 saturated heterocycles. The van der Waals surface area contributed by atoms with Crippen LogP contribution in [0.5, 0.6) is 5.75 Å². The number of hydrogen-bond donors (Lipinski definition) is 1. The second-order valence-corrected chi connectivity index (χ2v) is 5.66. The summed E-state index contributed by atoms with van der Waals surface area (Å²) in [7, 11) is 0. The van der Waals surface area contributed by atoms with Crippen LogP contribution in [-0.2, 0) is 11.3 Å². The summed E-state index contributed by atoms with van der Waals surface area (Å²) >= 11 is 0. The predicted octanol–water partition coefficient (Wildman–Crippen LogP) is 3.80. The first-order chi connectivity index (χ1) is 11.8. The van der Waals surface area contributed by atoms with E-state index in [-0.39, 0.29) is 23.5 Å². The van der Waals surface area contributed by atoms with Crippen LogP contribution in [0.3, 0.4) is 0 Å². The molecule has 3 rings (SSSR count). The Labute approximate surface area is 140 Å². The maximum atomic E-state index is 14.2. The minimum absolute atomic E-state index is 0.130. The van der Waals surface area contributed by atoms with Crippen molar-refractivity contribution in [3.8, 4) is 5.75 Å². The second kappa shape index (κ2) is 6.27. The number of halogens is 4. The van der Waals surface area contributed by atoms with Gasteiger partial charge >= 0.3 is 0 Å². The van der Waals surface area contributed by atoms with E-state index in [0.29, 0.717) is 5.56 Å². The van der Waals surface area contributed by atoms with Gasteiger partial charge in [0, 0.05) is 11.6 Å². The van der Waals surface area contributed by atoms with Crippen LogP contribution in [0, 0.1) is 11.6 Å². The van der Waals surface area contributed by atoms with Gasteiger partial charge in [-0.05, 0) is 18.6 Å². The molecule has 0 fully saturated rings. The number of ether oxygens (including phenoxy) is 1. The fourth-order valence-electron chi connectivity index (χ4n) is 2.65. The first-order valence-electron chi connectivity index (χ1n) is 7.42. The summed E-state index contributed by atoms with van der Waals surface area (Å²) < 4.78 is 58.9. The van der Waals surface area contributed by atoms with Gasteiger partial charge in [0.1, 0.15) is 5.69 Å². The van der Waals surface area contributed by atoms with Gasteiger partial charge < -0.3 is 15.4 Å². The molecule has 0 aliphatic carbocycles. The SMILES string of the molecule is C[C@H]1Oc2c(cc(F)c(N)c2F)N(Cc2cccc(C(F)F)c2)C1=O. The van der Waals surface area contributed by atoms with Crippen molar-refractivity contribution in [3.63, 3.8) is 0 Å². The summed E-state index contributed by atoms with van der Waals surface area (Å²) in [6.07, 6.45) is -3.69. The Morgan fingerprint density at radius 2 is 2.00 bits per heavy atom. The molecule has 0 saturated carbocycles. The Morgan fingerprint density at radius 3 is 2.68 bits per heavy atom. The van der Waals surface area contributed by atoms with Crippen LogP contribution in [-0.4, -0.2) is 12.0 Å².